The van der Waals surface area contributed by atoms with Gasteiger partial charge in [-0.3, -0.25) is 19.5 Å². The van der Waals surface area contributed by atoms with Crippen molar-refractivity contribution in [3.05, 3.63) is 88.2 Å². The highest BCUT2D eigenvalue weighted by atomic mass is 35.5. The Hall–Kier alpha value is -3.84. The van der Waals surface area contributed by atoms with Crippen molar-refractivity contribution in [2.24, 2.45) is 0 Å². The minimum Gasteiger partial charge on any atom is -0.507 e. The minimum absolute atomic E-state index is 0.0843. The van der Waals surface area contributed by atoms with E-state index in [1.807, 2.05) is 0 Å². The third kappa shape index (κ3) is 3.81. The van der Waals surface area contributed by atoms with E-state index in [1.54, 1.807) is 67.8 Å². The third-order valence-corrected chi connectivity index (χ3v) is 6.01. The smallest absolute Gasteiger partial charge is 0.300 e. The number of pyridine rings is 1. The number of benzene rings is 2. The van der Waals surface area contributed by atoms with E-state index in [-0.39, 0.29) is 16.9 Å². The van der Waals surface area contributed by atoms with Crippen molar-refractivity contribution < 1.29 is 24.2 Å². The number of rotatable bonds is 5. The quantitative estimate of drug-likeness (QED) is 0.335. The number of methoxy groups -OCH3 is 2. The van der Waals surface area contributed by atoms with E-state index in [0.29, 0.717) is 33.3 Å². The Kier molecular flexibility index (Phi) is 6.07. The molecule has 1 saturated heterocycles. The average Bonchev–Trinajstić information content (AvgIpc) is 3.10. The van der Waals surface area contributed by atoms with Crippen LogP contribution in [0.3, 0.4) is 0 Å². The average molecular weight is 465 g/mol. The predicted octanol–water partition coefficient (Wildman–Crippen LogP) is 4.69. The predicted molar refractivity (Wildman–Crippen MR) is 125 cm³/mol. The Bertz CT molecular complexity index is 1270. The van der Waals surface area contributed by atoms with E-state index >= 15 is 0 Å². The summed E-state index contributed by atoms with van der Waals surface area (Å²) in [6.07, 6.45) is 3.14. The number of carbonyl (C=O) groups excluding carboxylic acids is 2. The number of aromatic nitrogens is 1. The number of carbonyl (C=O) groups is 2. The Morgan fingerprint density at radius 1 is 1.09 bits per heavy atom. The number of halogens is 1. The van der Waals surface area contributed by atoms with Crippen molar-refractivity contribution in [1.29, 1.82) is 0 Å². The Morgan fingerprint density at radius 2 is 1.88 bits per heavy atom. The molecule has 3 aromatic rings. The summed E-state index contributed by atoms with van der Waals surface area (Å²) >= 11 is 6.31. The maximum atomic E-state index is 13.3. The van der Waals surface area contributed by atoms with Crippen LogP contribution in [0.25, 0.3) is 5.76 Å². The zero-order valence-corrected chi connectivity index (χ0v) is 19.0. The molecule has 4 rings (SSSR count). The highest BCUT2D eigenvalue weighted by Crippen LogP contribution is 2.45. The van der Waals surface area contributed by atoms with Gasteiger partial charge in [0.2, 0.25) is 0 Å². The molecular formula is C25H21ClN2O5. The fraction of sp³-hybridized carbons (Fsp3) is 0.160. The van der Waals surface area contributed by atoms with Crippen LogP contribution < -0.4 is 14.4 Å². The van der Waals surface area contributed by atoms with E-state index in [4.69, 9.17) is 21.1 Å². The van der Waals surface area contributed by atoms with Gasteiger partial charge in [0, 0.05) is 23.1 Å². The van der Waals surface area contributed by atoms with Crippen LogP contribution in [0.5, 0.6) is 11.5 Å². The summed E-state index contributed by atoms with van der Waals surface area (Å²) in [5, 5.41) is 11.8. The van der Waals surface area contributed by atoms with Gasteiger partial charge in [0.25, 0.3) is 11.7 Å². The molecule has 7 nitrogen and oxygen atoms in total. The molecule has 1 fully saturated rings. The van der Waals surface area contributed by atoms with E-state index in [9.17, 15) is 14.7 Å². The Morgan fingerprint density at radius 3 is 2.55 bits per heavy atom. The van der Waals surface area contributed by atoms with E-state index < -0.39 is 17.7 Å². The number of nitrogens with zero attached hydrogens (tertiary/aromatic N) is 2. The zero-order chi connectivity index (χ0) is 23.7. The summed E-state index contributed by atoms with van der Waals surface area (Å²) in [6, 6.07) is 12.5. The number of Topliss-reactive ketones (excluding diaryl/α,β-unsaturated/α-hetero) is 1. The summed E-state index contributed by atoms with van der Waals surface area (Å²) in [6.45, 7) is 1.77. The second-order valence-electron chi connectivity index (χ2n) is 7.41. The molecule has 168 valence electrons. The van der Waals surface area contributed by atoms with Crippen LogP contribution >= 0.6 is 11.6 Å². The lowest BCUT2D eigenvalue weighted by atomic mass is 9.95. The Balaban J connectivity index is 2.01. The lowest BCUT2D eigenvalue weighted by Gasteiger charge is -2.27. The number of amides is 1. The van der Waals surface area contributed by atoms with Gasteiger partial charge in [0.1, 0.15) is 17.3 Å². The number of anilines is 1. The summed E-state index contributed by atoms with van der Waals surface area (Å²) < 4.78 is 10.7. The number of hydrogen-bond donors (Lipinski definition) is 1. The standard InChI is InChI=1S/C25H21ClN2O5/c1-14-18(26)7-4-8-19(14)28-22(15-6-5-11-27-13-15)21(24(30)25(28)31)23(29)17-12-16(32-2)9-10-20(17)33-3/h4-13,22,29H,1-3H3/b23-21+. The normalized spacial score (nSPS) is 17.3. The van der Waals surface area contributed by atoms with Crippen LogP contribution in [0.2, 0.25) is 5.02 Å². The molecule has 1 aromatic heterocycles. The summed E-state index contributed by atoms with van der Waals surface area (Å²) in [7, 11) is 2.94. The molecule has 1 atom stereocenters. The van der Waals surface area contributed by atoms with E-state index in [0.717, 1.165) is 0 Å². The lowest BCUT2D eigenvalue weighted by Crippen LogP contribution is -2.30. The van der Waals surface area contributed by atoms with Gasteiger partial charge in [-0.2, -0.15) is 0 Å². The molecule has 8 heteroatoms. The largest absolute Gasteiger partial charge is 0.507 e. The number of ketones is 1. The van der Waals surface area contributed by atoms with Crippen molar-refractivity contribution in [2.75, 3.05) is 19.1 Å². The van der Waals surface area contributed by atoms with E-state index in [1.165, 1.54) is 19.1 Å². The Labute approximate surface area is 195 Å². The fourth-order valence-corrected chi connectivity index (χ4v) is 4.10. The number of aliphatic hydroxyl groups excluding tert-OH is 1. The number of hydrogen-bond acceptors (Lipinski definition) is 6. The molecule has 0 bridgehead atoms. The topological polar surface area (TPSA) is 89.0 Å². The molecule has 2 aromatic carbocycles. The van der Waals surface area contributed by atoms with Crippen LogP contribution in [0.15, 0.2) is 66.5 Å². The zero-order valence-electron chi connectivity index (χ0n) is 18.2. The molecule has 0 aliphatic carbocycles. The maximum absolute atomic E-state index is 13.3. The molecular weight excluding hydrogens is 444 g/mol. The maximum Gasteiger partial charge on any atom is 0.300 e. The van der Waals surface area contributed by atoms with Crippen molar-refractivity contribution in [3.8, 4) is 11.5 Å². The molecule has 0 spiro atoms. The van der Waals surface area contributed by atoms with Crippen LogP contribution in [-0.4, -0.2) is 36.0 Å². The van der Waals surface area contributed by atoms with Crippen molar-refractivity contribution in [1.82, 2.24) is 4.98 Å². The first-order valence-corrected chi connectivity index (χ1v) is 10.4. The SMILES string of the molecule is COc1ccc(OC)c(/C(O)=C2\C(=O)C(=O)N(c3cccc(Cl)c3C)C2c2cccnc2)c1. The second-order valence-corrected chi connectivity index (χ2v) is 7.81. The van der Waals surface area contributed by atoms with Crippen LogP contribution in [0, 0.1) is 6.92 Å². The van der Waals surface area contributed by atoms with Crippen LogP contribution in [0.1, 0.15) is 22.7 Å². The van der Waals surface area contributed by atoms with Gasteiger partial charge in [0.15, 0.2) is 0 Å². The third-order valence-electron chi connectivity index (χ3n) is 5.60. The molecule has 1 amide bonds. The van der Waals surface area contributed by atoms with Crippen LogP contribution in [-0.2, 0) is 9.59 Å². The molecule has 1 aliphatic rings. The van der Waals surface area contributed by atoms with Gasteiger partial charge in [-0.05, 0) is 54.4 Å². The molecule has 0 saturated carbocycles. The fourth-order valence-electron chi connectivity index (χ4n) is 3.94. The first-order valence-electron chi connectivity index (χ1n) is 10.1. The highest BCUT2D eigenvalue weighted by molar-refractivity contribution is 6.52. The summed E-state index contributed by atoms with van der Waals surface area (Å²) in [5.41, 5.74) is 1.80. The van der Waals surface area contributed by atoms with Gasteiger partial charge in [-0.25, -0.2) is 0 Å². The van der Waals surface area contributed by atoms with Gasteiger partial charge in [-0.15, -0.1) is 0 Å². The van der Waals surface area contributed by atoms with Crippen molar-refractivity contribution >= 4 is 34.7 Å². The monoisotopic (exact) mass is 464 g/mol. The summed E-state index contributed by atoms with van der Waals surface area (Å²) in [4.78, 5) is 32.1. The summed E-state index contributed by atoms with van der Waals surface area (Å²) in [5.74, 6) is -1.21. The van der Waals surface area contributed by atoms with Crippen molar-refractivity contribution in [2.45, 2.75) is 13.0 Å². The highest BCUT2D eigenvalue weighted by Gasteiger charge is 2.47. The van der Waals surface area contributed by atoms with Gasteiger partial charge in [-0.1, -0.05) is 23.7 Å². The molecule has 1 aliphatic heterocycles. The van der Waals surface area contributed by atoms with Crippen molar-refractivity contribution in [3.63, 3.8) is 0 Å². The number of aliphatic hydroxyl groups is 1. The molecule has 2 heterocycles. The number of ether oxygens (including phenoxy) is 2. The second kappa shape index (κ2) is 8.96. The van der Waals surface area contributed by atoms with E-state index in [2.05, 4.69) is 4.98 Å². The lowest BCUT2D eigenvalue weighted by molar-refractivity contribution is -0.132. The minimum atomic E-state index is -0.924. The van der Waals surface area contributed by atoms with Gasteiger partial charge < -0.3 is 14.6 Å². The molecule has 0 radical (unpaired) electrons. The van der Waals surface area contributed by atoms with Crippen LogP contribution in [0.4, 0.5) is 5.69 Å². The molecule has 33 heavy (non-hydrogen) atoms. The first-order chi connectivity index (χ1) is 15.9. The first kappa shape index (κ1) is 22.4. The molecule has 1 unspecified atom stereocenters. The van der Waals surface area contributed by atoms with Gasteiger partial charge in [0.05, 0.1) is 31.4 Å². The van der Waals surface area contributed by atoms with Gasteiger partial charge >= 0.3 is 0 Å². The molecule has 1 N–H and O–H groups in total.